The zero-order chi connectivity index (χ0) is 16.1. The van der Waals surface area contributed by atoms with Crippen LogP contribution in [-0.2, 0) is 9.31 Å². The summed E-state index contributed by atoms with van der Waals surface area (Å²) in [7, 11) is -1.09. The van der Waals surface area contributed by atoms with Crippen molar-refractivity contribution in [2.75, 3.05) is 0 Å². The summed E-state index contributed by atoms with van der Waals surface area (Å²) in [5.74, 6) is 0.0662. The van der Waals surface area contributed by atoms with Gasteiger partial charge in [0.25, 0.3) is 0 Å². The van der Waals surface area contributed by atoms with E-state index in [9.17, 15) is 8.78 Å². The second-order valence-electron chi connectivity index (χ2n) is 7.17. The first-order valence-electron chi connectivity index (χ1n) is 7.72. The highest BCUT2D eigenvalue weighted by Crippen LogP contribution is 2.41. The molecule has 0 unspecified atom stereocenters. The molecule has 1 aromatic carbocycles. The number of halogens is 2. The monoisotopic (exact) mass is 306 g/mol. The Hall–Kier alpha value is -1.20. The zero-order valence-electron chi connectivity index (χ0n) is 13.5. The van der Waals surface area contributed by atoms with Crippen LogP contribution in [-0.4, -0.2) is 18.3 Å². The molecule has 1 saturated carbocycles. The van der Waals surface area contributed by atoms with E-state index in [1.165, 1.54) is 6.07 Å². The fourth-order valence-corrected chi connectivity index (χ4v) is 2.50. The van der Waals surface area contributed by atoms with Crippen LogP contribution in [0.2, 0.25) is 0 Å². The van der Waals surface area contributed by atoms with Crippen molar-refractivity contribution in [3.05, 3.63) is 40.9 Å². The molecule has 1 heterocycles. The van der Waals surface area contributed by atoms with E-state index >= 15 is 0 Å². The second-order valence-corrected chi connectivity index (χ2v) is 7.17. The second kappa shape index (κ2) is 5.17. The Kier molecular flexibility index (Phi) is 3.69. The van der Waals surface area contributed by atoms with Crippen molar-refractivity contribution in [3.63, 3.8) is 0 Å². The van der Waals surface area contributed by atoms with Gasteiger partial charge in [0.05, 0.1) is 11.2 Å². The van der Waals surface area contributed by atoms with Crippen LogP contribution in [0.4, 0.5) is 8.78 Å². The number of hydrogen-bond acceptors (Lipinski definition) is 2. The van der Waals surface area contributed by atoms with E-state index in [-0.39, 0.29) is 5.56 Å². The minimum Gasteiger partial charge on any atom is -0.398 e. The minimum absolute atomic E-state index is 0.219. The molecule has 5 heteroatoms. The predicted octanol–water partition coefficient (Wildman–Crippen LogP) is 4.64. The van der Waals surface area contributed by atoms with Gasteiger partial charge in [-0.3, -0.25) is 0 Å². The van der Waals surface area contributed by atoms with Crippen LogP contribution in [0.3, 0.4) is 0 Å². The summed E-state index contributed by atoms with van der Waals surface area (Å²) >= 11 is 0. The van der Waals surface area contributed by atoms with Crippen LogP contribution in [0.5, 0.6) is 0 Å². The molecule has 22 heavy (non-hydrogen) atoms. The third-order valence-corrected chi connectivity index (χ3v) is 4.85. The highest BCUT2D eigenvalue weighted by molar-refractivity contribution is 6.54. The first-order valence-corrected chi connectivity index (χ1v) is 7.72. The zero-order valence-corrected chi connectivity index (χ0v) is 13.5. The SMILES string of the molecule is CC1(C)OB(C(F)=Cc2ccc(C3CC3)cc2F)OC1(C)C. The maximum atomic E-state index is 14.4. The highest BCUT2D eigenvalue weighted by atomic mass is 19.1. The van der Waals surface area contributed by atoms with Gasteiger partial charge in [0.2, 0.25) is 0 Å². The maximum Gasteiger partial charge on any atom is 0.525 e. The molecule has 0 bridgehead atoms. The molecule has 0 spiro atoms. The highest BCUT2D eigenvalue weighted by Gasteiger charge is 2.53. The van der Waals surface area contributed by atoms with Crippen LogP contribution in [0, 0.1) is 5.82 Å². The average molecular weight is 306 g/mol. The van der Waals surface area contributed by atoms with E-state index in [1.807, 2.05) is 33.8 Å². The molecule has 1 aliphatic heterocycles. The number of benzene rings is 1. The van der Waals surface area contributed by atoms with E-state index in [0.717, 1.165) is 24.5 Å². The molecule has 0 atom stereocenters. The maximum absolute atomic E-state index is 14.4. The van der Waals surface area contributed by atoms with Gasteiger partial charge in [0.1, 0.15) is 11.5 Å². The Balaban J connectivity index is 1.80. The van der Waals surface area contributed by atoms with Crippen molar-refractivity contribution in [1.82, 2.24) is 0 Å². The van der Waals surface area contributed by atoms with Gasteiger partial charge in [-0.25, -0.2) is 8.78 Å². The van der Waals surface area contributed by atoms with Crippen molar-refractivity contribution >= 4 is 13.2 Å². The summed E-state index contributed by atoms with van der Waals surface area (Å²) in [6, 6.07) is 4.99. The average Bonchev–Trinajstić information content (AvgIpc) is 3.20. The topological polar surface area (TPSA) is 18.5 Å². The molecule has 1 aliphatic carbocycles. The summed E-state index contributed by atoms with van der Waals surface area (Å²) in [4.78, 5) is 0. The predicted molar refractivity (Wildman–Crippen MR) is 83.5 cm³/mol. The fraction of sp³-hybridized carbons (Fsp3) is 0.529. The summed E-state index contributed by atoms with van der Waals surface area (Å²) in [6.07, 6.45) is 3.38. The van der Waals surface area contributed by atoms with Crippen LogP contribution >= 0.6 is 0 Å². The Morgan fingerprint density at radius 1 is 1.18 bits per heavy atom. The molecule has 1 saturated heterocycles. The lowest BCUT2D eigenvalue weighted by atomic mass is 9.86. The van der Waals surface area contributed by atoms with Gasteiger partial charge in [-0.05, 0) is 64.2 Å². The van der Waals surface area contributed by atoms with E-state index in [4.69, 9.17) is 9.31 Å². The van der Waals surface area contributed by atoms with Crippen molar-refractivity contribution in [2.24, 2.45) is 0 Å². The fourth-order valence-electron chi connectivity index (χ4n) is 2.50. The smallest absolute Gasteiger partial charge is 0.398 e. The van der Waals surface area contributed by atoms with E-state index in [2.05, 4.69) is 0 Å². The molecule has 0 amide bonds. The summed E-state index contributed by atoms with van der Waals surface area (Å²) in [5, 5.41) is 0. The quantitative estimate of drug-likeness (QED) is 0.757. The summed E-state index contributed by atoms with van der Waals surface area (Å²) in [5.41, 5.74) is -0.631. The van der Waals surface area contributed by atoms with Crippen molar-refractivity contribution in [2.45, 2.75) is 57.7 Å². The molecule has 3 rings (SSSR count). The molecule has 0 aromatic heterocycles. The van der Waals surface area contributed by atoms with Crippen LogP contribution in [0.15, 0.2) is 23.9 Å². The van der Waals surface area contributed by atoms with Gasteiger partial charge in [-0.2, -0.15) is 0 Å². The minimum atomic E-state index is -1.09. The molecule has 1 aromatic rings. The summed E-state index contributed by atoms with van der Waals surface area (Å²) in [6.45, 7) is 7.41. The lowest BCUT2D eigenvalue weighted by Gasteiger charge is -2.32. The van der Waals surface area contributed by atoms with Crippen molar-refractivity contribution in [1.29, 1.82) is 0 Å². The van der Waals surface area contributed by atoms with E-state index in [1.54, 1.807) is 6.07 Å². The largest absolute Gasteiger partial charge is 0.525 e. The van der Waals surface area contributed by atoms with Gasteiger partial charge >= 0.3 is 7.12 Å². The van der Waals surface area contributed by atoms with Crippen molar-refractivity contribution < 1.29 is 18.1 Å². The molecular formula is C17H21BF2O2. The Bertz CT molecular complexity index is 605. The van der Waals surface area contributed by atoms with Gasteiger partial charge in [-0.1, -0.05) is 12.1 Å². The number of hydrogen-bond donors (Lipinski definition) is 0. The van der Waals surface area contributed by atoms with Gasteiger partial charge in [0, 0.05) is 5.56 Å². The van der Waals surface area contributed by atoms with Gasteiger partial charge < -0.3 is 9.31 Å². The molecule has 0 radical (unpaired) electrons. The number of rotatable bonds is 3. The first kappa shape index (κ1) is 15.7. The van der Waals surface area contributed by atoms with E-state index < -0.39 is 29.9 Å². The van der Waals surface area contributed by atoms with Crippen molar-refractivity contribution in [3.8, 4) is 0 Å². The van der Waals surface area contributed by atoms with E-state index in [0.29, 0.717) is 5.92 Å². The molecule has 0 N–H and O–H groups in total. The molecular weight excluding hydrogens is 285 g/mol. The molecule has 2 aliphatic rings. The lowest BCUT2D eigenvalue weighted by Crippen LogP contribution is -2.41. The third kappa shape index (κ3) is 2.84. The van der Waals surface area contributed by atoms with Crippen LogP contribution in [0.25, 0.3) is 6.08 Å². The Labute approximate surface area is 130 Å². The molecule has 2 nitrogen and oxygen atoms in total. The van der Waals surface area contributed by atoms with Gasteiger partial charge in [-0.15, -0.1) is 0 Å². The molecule has 118 valence electrons. The molecule has 2 fully saturated rings. The lowest BCUT2D eigenvalue weighted by molar-refractivity contribution is 0.00578. The normalized spacial score (nSPS) is 23.9. The van der Waals surface area contributed by atoms with Crippen LogP contribution in [0.1, 0.15) is 57.6 Å². The first-order chi connectivity index (χ1) is 10.2. The third-order valence-electron chi connectivity index (χ3n) is 4.85. The Morgan fingerprint density at radius 3 is 2.27 bits per heavy atom. The van der Waals surface area contributed by atoms with Crippen LogP contribution < -0.4 is 0 Å². The standard InChI is InChI=1S/C17H21BF2O2/c1-16(2)17(3,4)22-18(21-16)15(20)10-13-8-7-12(9-14(13)19)11-5-6-11/h7-11H,5-6H2,1-4H3. The van der Waals surface area contributed by atoms with Gasteiger partial charge in [0.15, 0.2) is 0 Å². The summed E-state index contributed by atoms with van der Waals surface area (Å²) < 4.78 is 39.7. The Morgan fingerprint density at radius 2 is 1.77 bits per heavy atom.